The quantitative estimate of drug-likeness (QED) is 0.311. The lowest BCUT2D eigenvalue weighted by atomic mass is 10.1. The first-order valence-electron chi connectivity index (χ1n) is 9.42. The number of hydrogen-bond acceptors (Lipinski definition) is 7. The second-order valence-corrected chi connectivity index (χ2v) is 6.87. The van der Waals surface area contributed by atoms with E-state index in [2.05, 4.69) is 10.2 Å². The maximum absolute atomic E-state index is 12.4. The molecule has 1 aliphatic rings. The van der Waals surface area contributed by atoms with Crippen molar-refractivity contribution in [2.24, 2.45) is 0 Å². The summed E-state index contributed by atoms with van der Waals surface area (Å²) in [6.45, 7) is 8.80. The minimum atomic E-state index is -0.698. The van der Waals surface area contributed by atoms with Crippen molar-refractivity contribution >= 4 is 17.6 Å². The topological polar surface area (TPSA) is 111 Å². The Bertz CT molecular complexity index is 714. The van der Waals surface area contributed by atoms with Crippen molar-refractivity contribution in [2.75, 3.05) is 32.8 Å². The van der Waals surface area contributed by atoms with E-state index in [1.807, 2.05) is 13.8 Å². The molecule has 1 aromatic carbocycles. The normalized spacial score (nSPS) is 19.8. The van der Waals surface area contributed by atoms with Crippen LogP contribution in [0, 0.1) is 10.1 Å². The van der Waals surface area contributed by atoms with Gasteiger partial charge in [0.1, 0.15) is 0 Å². The third-order valence-electron chi connectivity index (χ3n) is 4.33. The number of carbonyl (C=O) groups is 2. The molecule has 0 radical (unpaired) electrons. The van der Waals surface area contributed by atoms with E-state index in [1.54, 1.807) is 6.92 Å². The van der Waals surface area contributed by atoms with Gasteiger partial charge in [0.05, 0.1) is 29.3 Å². The van der Waals surface area contributed by atoms with Crippen LogP contribution in [0.15, 0.2) is 18.2 Å². The Kier molecular flexibility index (Phi) is 7.89. The third-order valence-corrected chi connectivity index (χ3v) is 4.33. The van der Waals surface area contributed by atoms with Crippen molar-refractivity contribution in [1.29, 1.82) is 0 Å². The van der Waals surface area contributed by atoms with E-state index >= 15 is 0 Å². The van der Waals surface area contributed by atoms with Gasteiger partial charge in [0.15, 0.2) is 0 Å². The predicted molar refractivity (Wildman–Crippen MR) is 102 cm³/mol. The lowest BCUT2D eigenvalue weighted by Gasteiger charge is -2.35. The molecule has 28 heavy (non-hydrogen) atoms. The van der Waals surface area contributed by atoms with E-state index in [1.165, 1.54) is 6.07 Å². The fourth-order valence-corrected chi connectivity index (χ4v) is 3.25. The number of nitro benzene ring substituents is 1. The highest BCUT2D eigenvalue weighted by Crippen LogP contribution is 2.18. The molecule has 9 heteroatoms. The Morgan fingerprint density at radius 3 is 2.50 bits per heavy atom. The maximum atomic E-state index is 12.4. The second kappa shape index (κ2) is 10.1. The SMILES string of the molecule is CCOC(=O)c1cc(C(=O)NCCCN2CC(C)OC(C)C2)cc([N+](=O)[O-])c1. The lowest BCUT2D eigenvalue weighted by molar-refractivity contribution is -0.384. The van der Waals surface area contributed by atoms with Gasteiger partial charge in [-0.3, -0.25) is 19.8 Å². The number of nitro groups is 1. The summed E-state index contributed by atoms with van der Waals surface area (Å²) >= 11 is 0. The first-order valence-corrected chi connectivity index (χ1v) is 9.42. The van der Waals surface area contributed by atoms with E-state index in [0.29, 0.717) is 6.54 Å². The van der Waals surface area contributed by atoms with E-state index in [4.69, 9.17) is 9.47 Å². The molecule has 0 saturated carbocycles. The molecule has 0 spiro atoms. The minimum absolute atomic E-state index is 0.0162. The maximum Gasteiger partial charge on any atom is 0.338 e. The first-order chi connectivity index (χ1) is 13.3. The number of nitrogens with one attached hydrogen (secondary N) is 1. The van der Waals surface area contributed by atoms with Gasteiger partial charge in [0, 0.05) is 43.9 Å². The zero-order valence-electron chi connectivity index (χ0n) is 16.5. The summed E-state index contributed by atoms with van der Waals surface area (Å²) in [6, 6.07) is 3.57. The number of non-ortho nitro benzene ring substituents is 1. The van der Waals surface area contributed by atoms with E-state index < -0.39 is 16.8 Å². The summed E-state index contributed by atoms with van der Waals surface area (Å²) in [5.74, 6) is -1.16. The minimum Gasteiger partial charge on any atom is -0.462 e. The Morgan fingerprint density at radius 2 is 1.89 bits per heavy atom. The summed E-state index contributed by atoms with van der Waals surface area (Å²) in [7, 11) is 0. The number of hydrogen-bond donors (Lipinski definition) is 1. The largest absolute Gasteiger partial charge is 0.462 e. The first kappa shape index (κ1) is 21.8. The molecule has 0 bridgehead atoms. The van der Waals surface area contributed by atoms with Crippen molar-refractivity contribution in [1.82, 2.24) is 10.2 Å². The number of benzene rings is 1. The van der Waals surface area contributed by atoms with Gasteiger partial charge < -0.3 is 14.8 Å². The van der Waals surface area contributed by atoms with Crippen molar-refractivity contribution in [2.45, 2.75) is 39.4 Å². The predicted octanol–water partition coefficient (Wildman–Crippen LogP) is 2.00. The molecule has 2 unspecified atom stereocenters. The molecular formula is C19H27N3O6. The standard InChI is InChI=1S/C19H27N3O6/c1-4-27-19(24)16-8-15(9-17(10-16)22(25)26)18(23)20-6-5-7-21-11-13(2)28-14(3)12-21/h8-10,13-14H,4-7,11-12H2,1-3H3,(H,20,23). The van der Waals surface area contributed by atoms with Gasteiger partial charge in [0.2, 0.25) is 0 Å². The van der Waals surface area contributed by atoms with Crippen LogP contribution >= 0.6 is 0 Å². The van der Waals surface area contributed by atoms with Crippen molar-refractivity contribution < 1.29 is 24.0 Å². The summed E-state index contributed by atoms with van der Waals surface area (Å²) in [6.07, 6.45) is 1.11. The number of amides is 1. The molecule has 2 rings (SSSR count). The molecular weight excluding hydrogens is 366 g/mol. The number of nitrogens with zero attached hydrogens (tertiary/aromatic N) is 2. The van der Waals surface area contributed by atoms with Crippen molar-refractivity contribution in [3.05, 3.63) is 39.4 Å². The highest BCUT2D eigenvalue weighted by molar-refractivity contribution is 5.98. The molecule has 9 nitrogen and oxygen atoms in total. The fraction of sp³-hybridized carbons (Fsp3) is 0.579. The molecule has 2 atom stereocenters. The molecule has 1 fully saturated rings. The van der Waals surface area contributed by atoms with Crippen LogP contribution in [0.25, 0.3) is 0 Å². The Morgan fingerprint density at radius 1 is 1.25 bits per heavy atom. The molecule has 1 amide bonds. The smallest absolute Gasteiger partial charge is 0.338 e. The zero-order valence-corrected chi connectivity index (χ0v) is 16.5. The number of ether oxygens (including phenoxy) is 2. The van der Waals surface area contributed by atoms with Gasteiger partial charge in [-0.25, -0.2) is 4.79 Å². The van der Waals surface area contributed by atoms with Gasteiger partial charge in [-0.2, -0.15) is 0 Å². The van der Waals surface area contributed by atoms with Gasteiger partial charge >= 0.3 is 5.97 Å². The number of esters is 1. The summed E-state index contributed by atoms with van der Waals surface area (Å²) in [4.78, 5) is 37.0. The zero-order chi connectivity index (χ0) is 20.7. The average molecular weight is 393 g/mol. The number of rotatable bonds is 8. The van der Waals surface area contributed by atoms with Crippen LogP contribution in [-0.4, -0.2) is 66.7 Å². The average Bonchev–Trinajstić information content (AvgIpc) is 2.64. The molecule has 0 aromatic heterocycles. The van der Waals surface area contributed by atoms with Crippen LogP contribution in [0.5, 0.6) is 0 Å². The monoisotopic (exact) mass is 393 g/mol. The fourth-order valence-electron chi connectivity index (χ4n) is 3.25. The molecule has 1 saturated heterocycles. The molecule has 0 aliphatic carbocycles. The molecule has 154 valence electrons. The van der Waals surface area contributed by atoms with Gasteiger partial charge in [0.25, 0.3) is 11.6 Å². The highest BCUT2D eigenvalue weighted by Gasteiger charge is 2.22. The van der Waals surface area contributed by atoms with Crippen LogP contribution in [0.1, 0.15) is 47.9 Å². The van der Waals surface area contributed by atoms with Crippen molar-refractivity contribution in [3.63, 3.8) is 0 Å². The number of carbonyl (C=O) groups excluding carboxylic acids is 2. The highest BCUT2D eigenvalue weighted by atomic mass is 16.6. The van der Waals surface area contributed by atoms with Crippen LogP contribution in [0.4, 0.5) is 5.69 Å². The molecule has 1 N–H and O–H groups in total. The molecule has 1 aromatic rings. The summed E-state index contributed by atoms with van der Waals surface area (Å²) < 4.78 is 10.6. The summed E-state index contributed by atoms with van der Waals surface area (Å²) in [5.41, 5.74) is -0.282. The van der Waals surface area contributed by atoms with Gasteiger partial charge in [-0.05, 0) is 33.3 Å². The second-order valence-electron chi connectivity index (χ2n) is 6.87. The van der Waals surface area contributed by atoms with Crippen LogP contribution in [-0.2, 0) is 9.47 Å². The van der Waals surface area contributed by atoms with Crippen LogP contribution in [0.3, 0.4) is 0 Å². The number of morpholine rings is 1. The lowest BCUT2D eigenvalue weighted by Crippen LogP contribution is -2.46. The van der Waals surface area contributed by atoms with Crippen LogP contribution < -0.4 is 5.32 Å². The third kappa shape index (κ3) is 6.28. The van der Waals surface area contributed by atoms with E-state index in [0.717, 1.165) is 38.2 Å². The Hall–Kier alpha value is -2.52. The van der Waals surface area contributed by atoms with Gasteiger partial charge in [-0.15, -0.1) is 0 Å². The van der Waals surface area contributed by atoms with E-state index in [9.17, 15) is 19.7 Å². The van der Waals surface area contributed by atoms with Crippen molar-refractivity contribution in [3.8, 4) is 0 Å². The van der Waals surface area contributed by atoms with E-state index in [-0.39, 0.29) is 35.6 Å². The molecule has 1 heterocycles. The Labute approximate surface area is 164 Å². The van der Waals surface area contributed by atoms with Gasteiger partial charge in [-0.1, -0.05) is 0 Å². The van der Waals surface area contributed by atoms with Crippen LogP contribution in [0.2, 0.25) is 0 Å². The Balaban J connectivity index is 1.93. The molecule has 1 aliphatic heterocycles. The summed E-state index contributed by atoms with van der Waals surface area (Å²) in [5, 5.41) is 13.9.